The van der Waals surface area contributed by atoms with Crippen molar-refractivity contribution >= 4 is 15.9 Å². The molecule has 0 aliphatic rings. The molecule has 0 aliphatic carbocycles. The van der Waals surface area contributed by atoms with Crippen LogP contribution < -0.4 is 5.73 Å². The lowest BCUT2D eigenvalue weighted by molar-refractivity contribution is 0.113. The van der Waals surface area contributed by atoms with E-state index in [2.05, 4.69) is 21.0 Å². The van der Waals surface area contributed by atoms with Crippen molar-refractivity contribution in [2.45, 2.75) is 12.5 Å². The molecule has 0 amide bonds. The van der Waals surface area contributed by atoms with Crippen LogP contribution >= 0.6 is 15.9 Å². The Kier molecular flexibility index (Phi) is 2.79. The maximum absolute atomic E-state index is 12.1. The highest BCUT2D eigenvalue weighted by molar-refractivity contribution is 9.10. The van der Waals surface area contributed by atoms with E-state index in [1.807, 2.05) is 0 Å². The zero-order chi connectivity index (χ0) is 9.30. The molecule has 0 fully saturated rings. The van der Waals surface area contributed by atoms with Crippen molar-refractivity contribution in [3.8, 4) is 0 Å². The zero-order valence-electron chi connectivity index (χ0n) is 6.34. The second-order valence-electron chi connectivity index (χ2n) is 2.38. The predicted molar refractivity (Wildman–Crippen MR) is 43.8 cm³/mol. The van der Waals surface area contributed by atoms with Crippen LogP contribution in [0, 0.1) is 0 Å². The van der Waals surface area contributed by atoms with E-state index in [1.165, 1.54) is 10.7 Å². The third-order valence-corrected chi connectivity index (χ3v) is 1.89. The van der Waals surface area contributed by atoms with Crippen LogP contribution in [0.4, 0.5) is 8.78 Å². The smallest absolute Gasteiger partial charge is 0.259 e. The SMILES string of the molecule is Cn1nc(Br)cc1C(N)C(F)F. The van der Waals surface area contributed by atoms with Gasteiger partial charge in [0.05, 0.1) is 5.69 Å². The van der Waals surface area contributed by atoms with Crippen molar-refractivity contribution in [2.24, 2.45) is 12.8 Å². The summed E-state index contributed by atoms with van der Waals surface area (Å²) < 4.78 is 26.1. The Morgan fingerprint density at radius 1 is 1.67 bits per heavy atom. The van der Waals surface area contributed by atoms with Gasteiger partial charge in [0.25, 0.3) is 6.43 Å². The van der Waals surface area contributed by atoms with Gasteiger partial charge in [0.1, 0.15) is 10.6 Å². The van der Waals surface area contributed by atoms with Crippen molar-refractivity contribution in [1.29, 1.82) is 0 Å². The van der Waals surface area contributed by atoms with Crippen LogP contribution in [0.1, 0.15) is 11.7 Å². The monoisotopic (exact) mass is 239 g/mol. The summed E-state index contributed by atoms with van der Waals surface area (Å²) in [7, 11) is 1.57. The molecule has 0 spiro atoms. The van der Waals surface area contributed by atoms with E-state index < -0.39 is 12.5 Å². The average Bonchev–Trinajstić information content (AvgIpc) is 2.28. The van der Waals surface area contributed by atoms with Crippen LogP contribution in [0.3, 0.4) is 0 Å². The molecule has 68 valence electrons. The fraction of sp³-hybridized carbons (Fsp3) is 0.500. The molecule has 0 aliphatic heterocycles. The van der Waals surface area contributed by atoms with Gasteiger partial charge in [0.15, 0.2) is 0 Å². The molecule has 1 atom stereocenters. The number of alkyl halides is 2. The highest BCUT2D eigenvalue weighted by Crippen LogP contribution is 2.20. The first-order valence-electron chi connectivity index (χ1n) is 3.25. The Labute approximate surface area is 76.7 Å². The van der Waals surface area contributed by atoms with E-state index in [-0.39, 0.29) is 0 Å². The minimum Gasteiger partial charge on any atom is -0.318 e. The van der Waals surface area contributed by atoms with Gasteiger partial charge in [-0.1, -0.05) is 0 Å². The molecule has 0 bridgehead atoms. The lowest BCUT2D eigenvalue weighted by Gasteiger charge is -2.09. The fourth-order valence-corrected chi connectivity index (χ4v) is 1.36. The van der Waals surface area contributed by atoms with E-state index in [4.69, 9.17) is 5.73 Å². The Balaban J connectivity index is 2.94. The highest BCUT2D eigenvalue weighted by Gasteiger charge is 2.21. The molecule has 1 aromatic heterocycles. The number of halogens is 3. The molecular formula is C6H8BrF2N3. The van der Waals surface area contributed by atoms with Crippen LogP contribution in [0.5, 0.6) is 0 Å². The van der Waals surface area contributed by atoms with E-state index in [1.54, 1.807) is 7.05 Å². The van der Waals surface area contributed by atoms with Crippen molar-refractivity contribution in [3.63, 3.8) is 0 Å². The molecule has 1 unspecified atom stereocenters. The van der Waals surface area contributed by atoms with Crippen molar-refractivity contribution < 1.29 is 8.78 Å². The number of nitrogens with zero attached hydrogens (tertiary/aromatic N) is 2. The normalized spacial score (nSPS) is 13.8. The molecule has 0 saturated carbocycles. The largest absolute Gasteiger partial charge is 0.318 e. The molecule has 1 heterocycles. The first-order chi connectivity index (χ1) is 5.52. The number of aromatic nitrogens is 2. The van der Waals surface area contributed by atoms with Gasteiger partial charge in [-0.3, -0.25) is 4.68 Å². The van der Waals surface area contributed by atoms with E-state index in [0.29, 0.717) is 10.3 Å². The summed E-state index contributed by atoms with van der Waals surface area (Å²) in [4.78, 5) is 0. The second kappa shape index (κ2) is 3.49. The molecule has 2 N–H and O–H groups in total. The van der Waals surface area contributed by atoms with Crippen LogP contribution in [0.25, 0.3) is 0 Å². The van der Waals surface area contributed by atoms with Gasteiger partial charge in [0.2, 0.25) is 0 Å². The van der Waals surface area contributed by atoms with Gasteiger partial charge < -0.3 is 5.73 Å². The van der Waals surface area contributed by atoms with Gasteiger partial charge >= 0.3 is 0 Å². The molecule has 6 heteroatoms. The summed E-state index contributed by atoms with van der Waals surface area (Å²) >= 11 is 3.07. The first kappa shape index (κ1) is 9.60. The van der Waals surface area contributed by atoms with Gasteiger partial charge in [-0.05, 0) is 22.0 Å². The third-order valence-electron chi connectivity index (χ3n) is 1.50. The second-order valence-corrected chi connectivity index (χ2v) is 3.19. The molecular weight excluding hydrogens is 232 g/mol. The summed E-state index contributed by atoms with van der Waals surface area (Å²) in [6.07, 6.45) is -2.56. The summed E-state index contributed by atoms with van der Waals surface area (Å²) in [5.41, 5.74) is 5.54. The van der Waals surface area contributed by atoms with Crippen LogP contribution in [-0.2, 0) is 7.05 Å². The zero-order valence-corrected chi connectivity index (χ0v) is 7.92. The quantitative estimate of drug-likeness (QED) is 0.850. The minimum absolute atomic E-state index is 0.317. The summed E-state index contributed by atoms with van der Waals surface area (Å²) in [5, 5.41) is 3.83. The first-order valence-corrected chi connectivity index (χ1v) is 4.05. The Bertz CT molecular complexity index is 274. The lowest BCUT2D eigenvalue weighted by Crippen LogP contribution is -2.21. The molecule has 0 aromatic carbocycles. The van der Waals surface area contributed by atoms with Crippen LogP contribution in [0.15, 0.2) is 10.7 Å². The van der Waals surface area contributed by atoms with Crippen molar-refractivity contribution in [2.75, 3.05) is 0 Å². The van der Waals surface area contributed by atoms with Crippen molar-refractivity contribution in [1.82, 2.24) is 9.78 Å². The highest BCUT2D eigenvalue weighted by atomic mass is 79.9. The van der Waals surface area contributed by atoms with Crippen molar-refractivity contribution in [3.05, 3.63) is 16.4 Å². The number of hydrogen-bond donors (Lipinski definition) is 1. The van der Waals surface area contributed by atoms with Gasteiger partial charge in [-0.2, -0.15) is 5.10 Å². The van der Waals surface area contributed by atoms with Gasteiger partial charge in [0, 0.05) is 7.05 Å². The number of aryl methyl sites for hydroxylation is 1. The Morgan fingerprint density at radius 3 is 2.58 bits per heavy atom. The molecule has 0 saturated heterocycles. The minimum atomic E-state index is -2.56. The third kappa shape index (κ3) is 1.81. The summed E-state index contributed by atoms with van der Waals surface area (Å²) in [6, 6.07) is 0.213. The van der Waals surface area contributed by atoms with E-state index in [0.717, 1.165) is 0 Å². The molecule has 1 aromatic rings. The van der Waals surface area contributed by atoms with E-state index in [9.17, 15) is 8.78 Å². The summed E-state index contributed by atoms with van der Waals surface area (Å²) in [5.74, 6) is 0. The average molecular weight is 240 g/mol. The maximum atomic E-state index is 12.1. The Morgan fingerprint density at radius 2 is 2.25 bits per heavy atom. The number of rotatable bonds is 2. The molecule has 3 nitrogen and oxygen atoms in total. The van der Waals surface area contributed by atoms with E-state index >= 15 is 0 Å². The molecule has 12 heavy (non-hydrogen) atoms. The molecule has 1 rings (SSSR count). The maximum Gasteiger partial charge on any atom is 0.259 e. The topological polar surface area (TPSA) is 43.8 Å². The van der Waals surface area contributed by atoms with Gasteiger partial charge in [-0.15, -0.1) is 0 Å². The standard InChI is InChI=1S/C6H8BrF2N3/c1-12-3(2-4(7)11-12)5(10)6(8)9/h2,5-6H,10H2,1H3. The van der Waals surface area contributed by atoms with Crippen LogP contribution in [-0.4, -0.2) is 16.2 Å². The molecule has 0 radical (unpaired) electrons. The van der Waals surface area contributed by atoms with Crippen LogP contribution in [0.2, 0.25) is 0 Å². The van der Waals surface area contributed by atoms with Gasteiger partial charge in [-0.25, -0.2) is 8.78 Å². The Hall–Kier alpha value is -0.490. The fourth-order valence-electron chi connectivity index (χ4n) is 0.886. The lowest BCUT2D eigenvalue weighted by atomic mass is 10.2. The predicted octanol–water partition coefficient (Wildman–Crippen LogP) is 1.45. The number of hydrogen-bond acceptors (Lipinski definition) is 2. The summed E-state index contributed by atoms with van der Waals surface area (Å²) in [6.45, 7) is 0. The number of nitrogens with two attached hydrogens (primary N) is 1.